The monoisotopic (exact) mass is 283 g/mol. The topological polar surface area (TPSA) is 42.2 Å². The van der Waals surface area contributed by atoms with Crippen molar-refractivity contribution >= 4 is 16.9 Å². The number of aromatic nitrogens is 1. The number of para-hydroxylation sites is 1. The molecule has 0 unspecified atom stereocenters. The molecule has 106 valence electrons. The largest absolute Gasteiger partial charge is 0.478 e. The Labute approximate surface area is 121 Å². The number of benzene rings is 2. The van der Waals surface area contributed by atoms with E-state index in [2.05, 4.69) is 6.07 Å². The zero-order valence-corrected chi connectivity index (χ0v) is 11.5. The van der Waals surface area contributed by atoms with E-state index in [1.807, 2.05) is 35.9 Å². The molecule has 0 fully saturated rings. The molecule has 4 heteroatoms. The van der Waals surface area contributed by atoms with Crippen LogP contribution in [0.5, 0.6) is 0 Å². The second-order valence-electron chi connectivity index (χ2n) is 5.08. The number of nitrogens with zero attached hydrogens (tertiary/aromatic N) is 1. The Morgan fingerprint density at radius 1 is 1.24 bits per heavy atom. The number of carbonyl (C=O) groups is 1. The van der Waals surface area contributed by atoms with Crippen molar-refractivity contribution in [3.63, 3.8) is 0 Å². The molecule has 0 bridgehead atoms. The van der Waals surface area contributed by atoms with E-state index in [1.54, 1.807) is 6.07 Å². The molecule has 0 saturated carbocycles. The maximum absolute atomic E-state index is 13.7. The van der Waals surface area contributed by atoms with Gasteiger partial charge in [0, 0.05) is 23.6 Å². The molecule has 0 aliphatic rings. The number of hydrogen-bond acceptors (Lipinski definition) is 1. The van der Waals surface area contributed by atoms with E-state index < -0.39 is 11.8 Å². The Kier molecular flexibility index (Phi) is 3.22. The minimum atomic E-state index is -1.25. The average Bonchev–Trinajstić information content (AvgIpc) is 2.76. The van der Waals surface area contributed by atoms with Crippen LogP contribution in [0.2, 0.25) is 0 Å². The van der Waals surface area contributed by atoms with Crippen molar-refractivity contribution < 1.29 is 14.3 Å². The van der Waals surface area contributed by atoms with E-state index in [-0.39, 0.29) is 5.56 Å². The van der Waals surface area contributed by atoms with Crippen molar-refractivity contribution in [1.29, 1.82) is 0 Å². The molecule has 1 N–H and O–H groups in total. The van der Waals surface area contributed by atoms with Crippen molar-refractivity contribution in [2.75, 3.05) is 0 Å². The summed E-state index contributed by atoms with van der Waals surface area (Å²) in [5.74, 6) is -1.95. The Balaban J connectivity index is 1.99. The van der Waals surface area contributed by atoms with Crippen LogP contribution in [-0.4, -0.2) is 15.6 Å². The van der Waals surface area contributed by atoms with Crippen LogP contribution in [0.15, 0.2) is 48.7 Å². The van der Waals surface area contributed by atoms with Crippen LogP contribution in [-0.2, 0) is 6.54 Å². The summed E-state index contributed by atoms with van der Waals surface area (Å²) >= 11 is 0. The van der Waals surface area contributed by atoms with Gasteiger partial charge in [-0.25, -0.2) is 9.18 Å². The fraction of sp³-hybridized carbons (Fsp3) is 0.118. The molecule has 2 aromatic carbocycles. The lowest BCUT2D eigenvalue weighted by Crippen LogP contribution is -2.03. The molecule has 0 atom stereocenters. The Morgan fingerprint density at radius 2 is 2.00 bits per heavy atom. The molecular weight excluding hydrogens is 269 g/mol. The number of hydrogen-bond donors (Lipinski definition) is 1. The summed E-state index contributed by atoms with van der Waals surface area (Å²) in [5.41, 5.74) is 2.68. The average molecular weight is 283 g/mol. The van der Waals surface area contributed by atoms with Gasteiger partial charge >= 0.3 is 5.97 Å². The highest BCUT2D eigenvalue weighted by atomic mass is 19.1. The Hall–Kier alpha value is -2.62. The van der Waals surface area contributed by atoms with Crippen LogP contribution in [0.4, 0.5) is 4.39 Å². The third kappa shape index (κ3) is 2.40. The summed E-state index contributed by atoms with van der Waals surface area (Å²) in [5, 5.41) is 10.0. The van der Waals surface area contributed by atoms with Gasteiger partial charge in [0.15, 0.2) is 0 Å². The summed E-state index contributed by atoms with van der Waals surface area (Å²) < 4.78 is 15.8. The van der Waals surface area contributed by atoms with Crippen LogP contribution < -0.4 is 0 Å². The molecule has 0 spiro atoms. The van der Waals surface area contributed by atoms with Crippen LogP contribution in [0.1, 0.15) is 21.5 Å². The van der Waals surface area contributed by atoms with Crippen molar-refractivity contribution in [3.8, 4) is 0 Å². The highest BCUT2D eigenvalue weighted by Crippen LogP contribution is 2.22. The number of aryl methyl sites for hydroxylation is 1. The van der Waals surface area contributed by atoms with Crippen molar-refractivity contribution in [2.24, 2.45) is 0 Å². The molecular formula is C17H14FNO2. The Bertz CT molecular complexity index is 836. The van der Waals surface area contributed by atoms with Crippen molar-refractivity contribution in [3.05, 3.63) is 71.2 Å². The lowest BCUT2D eigenvalue weighted by Gasteiger charge is -2.07. The predicted octanol–water partition coefficient (Wildman–Crippen LogP) is 3.84. The number of fused-ring (bicyclic) bond motifs is 1. The highest BCUT2D eigenvalue weighted by molar-refractivity contribution is 5.88. The molecule has 0 radical (unpaired) electrons. The minimum absolute atomic E-state index is 0.299. The molecule has 1 aromatic heterocycles. The van der Waals surface area contributed by atoms with Crippen LogP contribution >= 0.6 is 0 Å². The minimum Gasteiger partial charge on any atom is -0.478 e. The van der Waals surface area contributed by atoms with Gasteiger partial charge in [0.05, 0.1) is 5.56 Å². The van der Waals surface area contributed by atoms with E-state index >= 15 is 0 Å². The predicted molar refractivity (Wildman–Crippen MR) is 79.1 cm³/mol. The zero-order valence-electron chi connectivity index (χ0n) is 11.5. The molecule has 0 aliphatic carbocycles. The van der Waals surface area contributed by atoms with E-state index in [0.717, 1.165) is 16.6 Å². The van der Waals surface area contributed by atoms with Gasteiger partial charge in [0.25, 0.3) is 0 Å². The van der Waals surface area contributed by atoms with Gasteiger partial charge < -0.3 is 9.67 Å². The second kappa shape index (κ2) is 5.05. The second-order valence-corrected chi connectivity index (χ2v) is 5.08. The maximum atomic E-state index is 13.7. The third-order valence-electron chi connectivity index (χ3n) is 3.60. The number of carboxylic acids is 1. The summed E-state index contributed by atoms with van der Waals surface area (Å²) in [7, 11) is 0. The van der Waals surface area contributed by atoms with Crippen molar-refractivity contribution in [2.45, 2.75) is 13.5 Å². The van der Waals surface area contributed by atoms with E-state index in [9.17, 15) is 9.18 Å². The molecule has 0 amide bonds. The summed E-state index contributed by atoms with van der Waals surface area (Å²) in [6, 6.07) is 12.3. The smallest absolute Gasteiger partial charge is 0.338 e. The summed E-state index contributed by atoms with van der Waals surface area (Å²) in [4.78, 5) is 10.8. The van der Waals surface area contributed by atoms with E-state index in [4.69, 9.17) is 5.11 Å². The number of halogens is 1. The quantitative estimate of drug-likeness (QED) is 0.793. The first-order valence-electron chi connectivity index (χ1n) is 6.62. The first-order valence-corrected chi connectivity index (χ1v) is 6.62. The van der Waals surface area contributed by atoms with Gasteiger partial charge in [-0.3, -0.25) is 0 Å². The first-order chi connectivity index (χ1) is 10.1. The van der Waals surface area contributed by atoms with Gasteiger partial charge in [0.1, 0.15) is 5.82 Å². The molecule has 21 heavy (non-hydrogen) atoms. The van der Waals surface area contributed by atoms with Gasteiger partial charge in [-0.15, -0.1) is 0 Å². The number of rotatable bonds is 3. The number of aromatic carboxylic acids is 1. The van der Waals surface area contributed by atoms with Crippen LogP contribution in [0.3, 0.4) is 0 Å². The highest BCUT2D eigenvalue weighted by Gasteiger charge is 2.11. The zero-order chi connectivity index (χ0) is 15.0. The van der Waals surface area contributed by atoms with Crippen molar-refractivity contribution in [1.82, 2.24) is 4.57 Å². The lowest BCUT2D eigenvalue weighted by molar-refractivity contribution is 0.0692. The molecule has 0 saturated heterocycles. The Morgan fingerprint density at radius 3 is 2.71 bits per heavy atom. The standard InChI is InChI=1S/C17H14FNO2/c1-11-9-19(16-5-3-2-4-13(11)16)10-12-6-7-14(17(20)21)15(18)8-12/h2-9H,10H2,1H3,(H,20,21). The van der Waals surface area contributed by atoms with Crippen LogP contribution in [0.25, 0.3) is 10.9 Å². The molecule has 1 heterocycles. The van der Waals surface area contributed by atoms with Gasteiger partial charge in [-0.05, 0) is 36.2 Å². The van der Waals surface area contributed by atoms with Gasteiger partial charge in [-0.2, -0.15) is 0 Å². The molecule has 3 aromatic rings. The van der Waals surface area contributed by atoms with E-state index in [1.165, 1.54) is 17.5 Å². The van der Waals surface area contributed by atoms with E-state index in [0.29, 0.717) is 6.54 Å². The third-order valence-corrected chi connectivity index (χ3v) is 3.60. The molecule has 3 rings (SSSR count). The lowest BCUT2D eigenvalue weighted by atomic mass is 10.1. The first kappa shape index (κ1) is 13.4. The molecule has 0 aliphatic heterocycles. The van der Waals surface area contributed by atoms with Gasteiger partial charge in [0.2, 0.25) is 0 Å². The summed E-state index contributed by atoms with van der Waals surface area (Å²) in [6.45, 7) is 2.54. The molecule has 3 nitrogen and oxygen atoms in total. The van der Waals surface area contributed by atoms with Gasteiger partial charge in [-0.1, -0.05) is 24.3 Å². The summed E-state index contributed by atoms with van der Waals surface area (Å²) in [6.07, 6.45) is 2.02. The fourth-order valence-electron chi connectivity index (χ4n) is 2.59. The number of carboxylic acid groups (broad SMARTS) is 1. The normalized spacial score (nSPS) is 11.0. The fourth-order valence-corrected chi connectivity index (χ4v) is 2.59. The SMILES string of the molecule is Cc1cn(Cc2ccc(C(=O)O)c(F)c2)c2ccccc12. The maximum Gasteiger partial charge on any atom is 0.338 e. The van der Waals surface area contributed by atoms with Crippen LogP contribution in [0, 0.1) is 12.7 Å².